The lowest BCUT2D eigenvalue weighted by Gasteiger charge is -2.33. The smallest absolute Gasteiger partial charge is 0.204 e. The van der Waals surface area contributed by atoms with Crippen LogP contribution < -0.4 is 58.3 Å². The van der Waals surface area contributed by atoms with E-state index in [1.807, 2.05) is 346 Å². The molecule has 0 amide bonds. The second-order valence-corrected chi connectivity index (χ2v) is 33.6. The number of fused-ring (bicyclic) bond motifs is 12. The minimum absolute atomic E-state index is 0.135. The number of benzene rings is 17. The normalized spacial score (nSPS) is 12.8. The number of nitrogens with zero attached hydrogens (tertiary/aromatic N) is 12. The van der Waals surface area contributed by atoms with Gasteiger partial charge in [-0.1, -0.05) is 237 Å². The molecule has 6 heterocycles. The lowest BCUT2D eigenvalue weighted by molar-refractivity contribution is 0.194. The highest BCUT2D eigenvalue weighted by Gasteiger charge is 2.34. The molecule has 6 aliphatic rings. The molecule has 0 radical (unpaired) electrons. The van der Waals surface area contributed by atoms with Crippen molar-refractivity contribution in [3.8, 4) is 93.3 Å². The van der Waals surface area contributed by atoms with Crippen LogP contribution in [-0.2, 0) is 14.5 Å². The maximum Gasteiger partial charge on any atom is 0.204 e. The SMILES string of the molecule is [C-]#[N+]c1c(/C=C/c2ccc3c(c2)Oc2ccccc2N3OC)c(C#N)c(/C=C/c2ccc3c(c2)Oc2ccccc2N3OC)c(C#N)c1/C=C/c1ccc2c(c1)Oc1ccccc1N2OC.[C-]#[N+]c1c(/C=C/c2ccc3c(c2)Oc2ccccc2N3c2ccccc2)c(C#N)c(/C=C/c2ccc3c(c2)Oc2ccccc2N3c2ccccc2)c(C#N)c1/C=C/c1ccc2c(c1)Oc1ccccc1N2c1ccccc1. The van der Waals surface area contributed by atoms with Crippen LogP contribution in [0.5, 0.6) is 69.0 Å². The van der Waals surface area contributed by atoms with Crippen molar-refractivity contribution < 1.29 is 42.9 Å². The molecular weight excluding hydrogens is 1790 g/mol. The van der Waals surface area contributed by atoms with E-state index in [4.69, 9.17) is 56.1 Å². The van der Waals surface area contributed by atoms with E-state index >= 15 is 0 Å². The third-order valence-corrected chi connectivity index (χ3v) is 25.3. The van der Waals surface area contributed by atoms with Crippen molar-refractivity contribution in [1.29, 1.82) is 21.0 Å². The fourth-order valence-electron chi connectivity index (χ4n) is 18.7. The van der Waals surface area contributed by atoms with E-state index in [0.29, 0.717) is 119 Å². The summed E-state index contributed by atoms with van der Waals surface area (Å²) in [6.07, 6.45) is 21.7. The zero-order valence-electron chi connectivity index (χ0n) is 77.4. The van der Waals surface area contributed by atoms with Crippen LogP contribution in [0.4, 0.5) is 96.7 Å². The summed E-state index contributed by atoms with van der Waals surface area (Å²) in [7, 11) is 4.79. The van der Waals surface area contributed by atoms with Crippen LogP contribution in [-0.4, -0.2) is 21.3 Å². The summed E-state index contributed by atoms with van der Waals surface area (Å²) < 4.78 is 38.5. The molecule has 23 rings (SSSR count). The standard InChI is InChI=1S/C69H42N6O3.C54H36N6O6/c1-72-69-53(36-30-47-33-39-61-67(42-47)77-64-27-15-12-24-58(64)74(61)50-19-7-3-8-20-50)55(44-70)52(35-29-46-32-38-60-66(41-46)76-63-26-14-11-23-57(63)73(60)49-17-5-2-6-18-49)56(45-71)54(69)37-31-48-34-40-62-68(43-48)78-65-28-16-13-25-59(65)75(62)51-21-9-4-10-22-51;1-57-54-38(24-18-35-21-27-46-52(30-35)65-49-15-9-6-12-43(49)59(46)62-3)40(32-55)37(23-17-34-20-26-45-51(29-34)64-48-14-8-5-11-42(48)58(45)61-2)41(33-56)39(54)25-19-36-22-28-47-53(31-36)66-50-16-10-7-13-44(50)60(47)63-4/h2-43H;5-31H,2-4H3/b35-29+,36-30+,37-31+;23-17+,24-18+,25-19+. The molecule has 0 N–H and O–H groups in total. The van der Waals surface area contributed by atoms with Crippen LogP contribution >= 0.6 is 0 Å². The topological polar surface area (TPSA) is 206 Å². The van der Waals surface area contributed by atoms with E-state index in [0.717, 1.165) is 102 Å². The number of para-hydroxylation sites is 15. The van der Waals surface area contributed by atoms with Crippen LogP contribution in [0.15, 0.2) is 346 Å². The third-order valence-electron chi connectivity index (χ3n) is 25.3. The Bertz CT molecular complexity index is 7740. The van der Waals surface area contributed by atoms with Gasteiger partial charge >= 0.3 is 0 Å². The van der Waals surface area contributed by atoms with Gasteiger partial charge in [-0.25, -0.2) is 24.9 Å². The molecule has 21 nitrogen and oxygen atoms in total. The molecule has 0 aliphatic carbocycles. The minimum Gasteiger partial charge on any atom is -0.453 e. The summed E-state index contributed by atoms with van der Waals surface area (Å²) in [5.74, 6) is 7.65. The number of ether oxygens (including phenoxy) is 6. The monoisotopic (exact) mass is 1870 g/mol. The molecule has 144 heavy (non-hydrogen) atoms. The molecule has 0 atom stereocenters. The van der Waals surface area contributed by atoms with E-state index in [2.05, 4.69) is 85.1 Å². The Morgan fingerprint density at radius 3 is 0.618 bits per heavy atom. The first-order chi connectivity index (χ1) is 71.0. The highest BCUT2D eigenvalue weighted by molar-refractivity contribution is 6.00. The van der Waals surface area contributed by atoms with Gasteiger partial charge in [0.2, 0.25) is 11.4 Å². The zero-order chi connectivity index (χ0) is 97.8. The van der Waals surface area contributed by atoms with Crippen molar-refractivity contribution in [3.05, 3.63) is 458 Å². The second-order valence-electron chi connectivity index (χ2n) is 33.6. The molecule has 17 aromatic rings. The number of nitriles is 4. The fraction of sp³-hybridized carbons (Fsp3) is 0.0244. The summed E-state index contributed by atoms with van der Waals surface area (Å²) in [5, 5.41) is 49.3. The molecule has 17 aromatic carbocycles. The quantitative estimate of drug-likeness (QED) is 0.0578. The van der Waals surface area contributed by atoms with E-state index < -0.39 is 0 Å². The number of hydrogen-bond acceptors (Lipinski definition) is 19. The molecular formula is C123H78N12O9. The molecule has 0 fully saturated rings. The van der Waals surface area contributed by atoms with Gasteiger partial charge in [-0.05, 0) is 238 Å². The van der Waals surface area contributed by atoms with Gasteiger partial charge in [0, 0.05) is 28.2 Å². The third kappa shape index (κ3) is 16.5. The Morgan fingerprint density at radius 2 is 0.396 bits per heavy atom. The first kappa shape index (κ1) is 88.9. The van der Waals surface area contributed by atoms with Crippen LogP contribution in [0.1, 0.15) is 89.0 Å². The van der Waals surface area contributed by atoms with Gasteiger partial charge < -0.3 is 43.1 Å². The Morgan fingerprint density at radius 1 is 0.215 bits per heavy atom. The summed E-state index contributed by atoms with van der Waals surface area (Å²) in [6, 6.07) is 121. The predicted molar refractivity (Wildman–Crippen MR) is 568 cm³/mol. The van der Waals surface area contributed by atoms with Gasteiger partial charge in [0.25, 0.3) is 0 Å². The summed E-state index contributed by atoms with van der Waals surface area (Å²) in [6.45, 7) is 17.2. The van der Waals surface area contributed by atoms with Crippen LogP contribution in [0.3, 0.4) is 0 Å². The molecule has 684 valence electrons. The van der Waals surface area contributed by atoms with Gasteiger partial charge in [0.1, 0.15) is 34.1 Å². The van der Waals surface area contributed by atoms with E-state index in [1.54, 1.807) is 73.0 Å². The Kier molecular flexibility index (Phi) is 23.8. The number of rotatable bonds is 18. The first-order valence-electron chi connectivity index (χ1n) is 46.0. The van der Waals surface area contributed by atoms with Crippen molar-refractivity contribution >= 4 is 170 Å². The van der Waals surface area contributed by atoms with Gasteiger partial charge in [-0.3, -0.25) is 14.5 Å². The highest BCUT2D eigenvalue weighted by Crippen LogP contribution is 2.57. The Balaban J connectivity index is 0.000000167. The van der Waals surface area contributed by atoms with Gasteiger partial charge in [-0.2, -0.15) is 21.0 Å². The maximum absolute atomic E-state index is 11.2. The lowest BCUT2D eigenvalue weighted by atomic mass is 9.88. The molecule has 21 heteroatoms. The highest BCUT2D eigenvalue weighted by atomic mass is 16.7. The lowest BCUT2D eigenvalue weighted by Crippen LogP contribution is -2.19. The molecule has 0 aromatic heterocycles. The molecule has 0 bridgehead atoms. The second kappa shape index (κ2) is 38.6. The number of hydrogen-bond donors (Lipinski definition) is 0. The van der Waals surface area contributed by atoms with Crippen molar-refractivity contribution in [2.24, 2.45) is 0 Å². The van der Waals surface area contributed by atoms with E-state index in [9.17, 15) is 21.0 Å². The Hall–Kier alpha value is -20.4. The molecule has 6 aliphatic heterocycles. The average Bonchev–Trinajstić information content (AvgIpc) is 0.765. The van der Waals surface area contributed by atoms with E-state index in [1.165, 1.54) is 0 Å². The number of anilines is 15. The summed E-state index contributed by atoms with van der Waals surface area (Å²) >= 11 is 0. The van der Waals surface area contributed by atoms with Crippen molar-refractivity contribution in [3.63, 3.8) is 0 Å². The van der Waals surface area contributed by atoms with Crippen molar-refractivity contribution in [2.45, 2.75) is 0 Å². The Labute approximate surface area is 830 Å². The van der Waals surface area contributed by atoms with Gasteiger partial charge in [-0.15, -0.1) is 0 Å². The molecule has 0 spiro atoms. The average molecular weight is 1870 g/mol. The van der Waals surface area contributed by atoms with E-state index in [-0.39, 0.29) is 33.6 Å². The summed E-state index contributed by atoms with van der Waals surface area (Å²) in [4.78, 5) is 31.8. The predicted octanol–water partition coefficient (Wildman–Crippen LogP) is 33.1. The molecule has 0 unspecified atom stereocenters. The zero-order valence-corrected chi connectivity index (χ0v) is 77.4. The maximum atomic E-state index is 11.2. The van der Waals surface area contributed by atoms with Crippen molar-refractivity contribution in [1.82, 2.24) is 0 Å². The van der Waals surface area contributed by atoms with Gasteiger partial charge in [0.05, 0.1) is 115 Å². The van der Waals surface area contributed by atoms with Crippen LogP contribution in [0.2, 0.25) is 0 Å². The first-order valence-corrected chi connectivity index (χ1v) is 46.0. The van der Waals surface area contributed by atoms with Crippen LogP contribution in [0.25, 0.3) is 82.6 Å². The van der Waals surface area contributed by atoms with Crippen LogP contribution in [0, 0.1) is 58.5 Å². The van der Waals surface area contributed by atoms with Gasteiger partial charge in [0.15, 0.2) is 69.0 Å². The molecule has 0 saturated carbocycles. The molecule has 0 saturated heterocycles. The van der Waals surface area contributed by atoms with Crippen molar-refractivity contribution in [2.75, 3.05) is 51.2 Å². The summed E-state index contributed by atoms with van der Waals surface area (Å²) in [5.41, 5.74) is 20.4. The minimum atomic E-state index is 0.135. The largest absolute Gasteiger partial charge is 0.453 e. The fourth-order valence-corrected chi connectivity index (χ4v) is 18.7.